The van der Waals surface area contributed by atoms with Crippen molar-refractivity contribution in [1.29, 1.82) is 0 Å². The summed E-state index contributed by atoms with van der Waals surface area (Å²) in [6.45, 7) is 2.82. The third-order valence-electron chi connectivity index (χ3n) is 2.47. The summed E-state index contributed by atoms with van der Waals surface area (Å²) >= 11 is 0. The van der Waals surface area contributed by atoms with E-state index in [-0.39, 0.29) is 5.75 Å². The molecule has 6 nitrogen and oxygen atoms in total. The topological polar surface area (TPSA) is 93.3 Å². The zero-order chi connectivity index (χ0) is 13.7. The van der Waals surface area contributed by atoms with Crippen LogP contribution in [0.1, 0.15) is 12.5 Å². The van der Waals surface area contributed by atoms with E-state index in [2.05, 4.69) is 15.3 Å². The fraction of sp³-hybridized carbons (Fsp3) is 0.231. The molecule has 0 bridgehead atoms. The van der Waals surface area contributed by atoms with Crippen molar-refractivity contribution < 1.29 is 9.84 Å². The molecule has 0 unspecified atom stereocenters. The molecule has 6 heteroatoms. The van der Waals surface area contributed by atoms with Crippen LogP contribution in [-0.2, 0) is 6.54 Å². The highest BCUT2D eigenvalue weighted by atomic mass is 16.5. The molecule has 1 aromatic heterocycles. The summed E-state index contributed by atoms with van der Waals surface area (Å²) in [5, 5.41) is 12.8. The second kappa shape index (κ2) is 5.90. The Morgan fingerprint density at radius 2 is 2.21 bits per heavy atom. The number of benzene rings is 1. The van der Waals surface area contributed by atoms with Crippen LogP contribution in [0.5, 0.6) is 11.6 Å². The van der Waals surface area contributed by atoms with Gasteiger partial charge in [-0.1, -0.05) is 0 Å². The molecule has 0 radical (unpaired) electrons. The van der Waals surface area contributed by atoms with Crippen molar-refractivity contribution in [2.24, 2.45) is 0 Å². The first kappa shape index (κ1) is 12.9. The zero-order valence-corrected chi connectivity index (χ0v) is 10.6. The average Bonchev–Trinajstić information content (AvgIpc) is 2.41. The van der Waals surface area contributed by atoms with E-state index in [0.29, 0.717) is 36.1 Å². The van der Waals surface area contributed by atoms with Crippen molar-refractivity contribution in [2.75, 3.05) is 17.7 Å². The molecule has 0 saturated heterocycles. The molecular formula is C13H16N4O2. The number of rotatable bonds is 5. The molecule has 1 aromatic carbocycles. The molecule has 0 spiro atoms. The second-order valence-electron chi connectivity index (χ2n) is 3.92. The van der Waals surface area contributed by atoms with Gasteiger partial charge in [0, 0.05) is 17.8 Å². The van der Waals surface area contributed by atoms with Crippen LogP contribution in [0.25, 0.3) is 0 Å². The third kappa shape index (κ3) is 3.48. The minimum atomic E-state index is 0.190. The van der Waals surface area contributed by atoms with Crippen LogP contribution in [0.4, 0.5) is 11.5 Å². The van der Waals surface area contributed by atoms with Gasteiger partial charge in [-0.25, -0.2) is 0 Å². The molecule has 0 atom stereocenters. The van der Waals surface area contributed by atoms with Crippen molar-refractivity contribution in [3.05, 3.63) is 36.2 Å². The lowest BCUT2D eigenvalue weighted by Gasteiger charge is -2.09. The Morgan fingerprint density at radius 1 is 1.37 bits per heavy atom. The van der Waals surface area contributed by atoms with E-state index < -0.39 is 0 Å². The number of nitrogens with zero attached hydrogens (tertiary/aromatic N) is 2. The van der Waals surface area contributed by atoms with E-state index in [9.17, 15) is 5.11 Å². The Kier molecular flexibility index (Phi) is 4.02. The Bertz CT molecular complexity index is 560. The summed E-state index contributed by atoms with van der Waals surface area (Å²) in [6.07, 6.45) is 3.14. The van der Waals surface area contributed by atoms with Crippen LogP contribution in [0.3, 0.4) is 0 Å². The number of aromatic hydroxyl groups is 1. The van der Waals surface area contributed by atoms with Crippen molar-refractivity contribution in [1.82, 2.24) is 9.97 Å². The molecule has 2 rings (SSSR count). The van der Waals surface area contributed by atoms with Gasteiger partial charge >= 0.3 is 0 Å². The van der Waals surface area contributed by atoms with E-state index in [4.69, 9.17) is 10.5 Å². The highest BCUT2D eigenvalue weighted by Crippen LogP contribution is 2.20. The highest BCUT2D eigenvalue weighted by Gasteiger charge is 2.03. The molecule has 0 aliphatic carbocycles. The summed E-state index contributed by atoms with van der Waals surface area (Å²) in [4.78, 5) is 8.24. The zero-order valence-electron chi connectivity index (χ0n) is 10.6. The molecule has 4 N–H and O–H groups in total. The van der Waals surface area contributed by atoms with Gasteiger partial charge in [-0.15, -0.1) is 0 Å². The summed E-state index contributed by atoms with van der Waals surface area (Å²) in [7, 11) is 0. The number of aromatic nitrogens is 2. The first-order valence-electron chi connectivity index (χ1n) is 5.95. The SMILES string of the molecule is CCOc1cncc(NCc2cc(N)ccc2O)n1. The predicted octanol–water partition coefficient (Wildman–Crippen LogP) is 1.78. The molecule has 0 amide bonds. The van der Waals surface area contributed by atoms with Crippen LogP contribution in [0, 0.1) is 0 Å². The Hall–Kier alpha value is -2.50. The van der Waals surface area contributed by atoms with Gasteiger partial charge in [-0.2, -0.15) is 4.98 Å². The minimum Gasteiger partial charge on any atom is -0.508 e. The number of phenolic OH excluding ortho intramolecular Hbond substituents is 1. The predicted molar refractivity (Wildman–Crippen MR) is 73.0 cm³/mol. The lowest BCUT2D eigenvalue weighted by atomic mass is 10.2. The molecule has 1 heterocycles. The minimum absolute atomic E-state index is 0.190. The van der Waals surface area contributed by atoms with Crippen molar-refractivity contribution in [3.63, 3.8) is 0 Å². The van der Waals surface area contributed by atoms with Gasteiger partial charge in [0.25, 0.3) is 0 Å². The molecule has 0 saturated carbocycles. The van der Waals surface area contributed by atoms with Gasteiger partial charge in [0.1, 0.15) is 11.6 Å². The van der Waals surface area contributed by atoms with Crippen LogP contribution in [-0.4, -0.2) is 21.7 Å². The lowest BCUT2D eigenvalue weighted by Crippen LogP contribution is -2.04. The first-order chi connectivity index (χ1) is 9.19. The van der Waals surface area contributed by atoms with E-state index in [1.54, 1.807) is 30.6 Å². The van der Waals surface area contributed by atoms with Gasteiger partial charge in [-0.3, -0.25) is 4.98 Å². The number of nitrogens with one attached hydrogen (secondary N) is 1. The number of nitrogen functional groups attached to an aromatic ring is 1. The van der Waals surface area contributed by atoms with E-state index in [0.717, 1.165) is 0 Å². The van der Waals surface area contributed by atoms with Gasteiger partial charge < -0.3 is 20.9 Å². The quantitative estimate of drug-likeness (QED) is 0.560. The summed E-state index contributed by atoms with van der Waals surface area (Å²) in [5.41, 5.74) is 6.97. The summed E-state index contributed by atoms with van der Waals surface area (Å²) in [5.74, 6) is 1.23. The maximum atomic E-state index is 9.70. The molecule has 0 aliphatic heterocycles. The smallest absolute Gasteiger partial charge is 0.234 e. The molecule has 2 aromatic rings. The lowest BCUT2D eigenvalue weighted by molar-refractivity contribution is 0.325. The standard InChI is InChI=1S/C13H16N4O2/c1-2-19-13-8-15-7-12(17-13)16-6-9-5-10(14)3-4-11(9)18/h3-5,7-8,18H,2,6,14H2,1H3,(H,16,17). The van der Waals surface area contributed by atoms with Crippen molar-refractivity contribution >= 4 is 11.5 Å². The van der Waals surface area contributed by atoms with Gasteiger partial charge in [0.2, 0.25) is 5.88 Å². The normalized spacial score (nSPS) is 10.2. The number of phenols is 1. The molecule has 0 aliphatic rings. The van der Waals surface area contributed by atoms with Gasteiger partial charge in [-0.05, 0) is 25.1 Å². The van der Waals surface area contributed by atoms with Gasteiger partial charge in [0.05, 0.1) is 19.0 Å². The average molecular weight is 260 g/mol. The van der Waals surface area contributed by atoms with Gasteiger partial charge in [0.15, 0.2) is 0 Å². The number of anilines is 2. The second-order valence-corrected chi connectivity index (χ2v) is 3.92. The Morgan fingerprint density at radius 3 is 3.00 bits per heavy atom. The van der Waals surface area contributed by atoms with Crippen LogP contribution >= 0.6 is 0 Å². The van der Waals surface area contributed by atoms with Crippen LogP contribution in [0.15, 0.2) is 30.6 Å². The molecule has 0 fully saturated rings. The van der Waals surface area contributed by atoms with E-state index in [1.165, 1.54) is 0 Å². The molecule has 19 heavy (non-hydrogen) atoms. The maximum Gasteiger partial charge on any atom is 0.234 e. The number of ether oxygens (including phenoxy) is 1. The largest absolute Gasteiger partial charge is 0.508 e. The third-order valence-corrected chi connectivity index (χ3v) is 2.47. The van der Waals surface area contributed by atoms with Crippen LogP contribution in [0.2, 0.25) is 0 Å². The fourth-order valence-electron chi connectivity index (χ4n) is 1.58. The monoisotopic (exact) mass is 260 g/mol. The highest BCUT2D eigenvalue weighted by molar-refractivity contribution is 5.48. The van der Waals surface area contributed by atoms with E-state index in [1.807, 2.05) is 6.92 Å². The maximum absolute atomic E-state index is 9.70. The molecular weight excluding hydrogens is 244 g/mol. The summed E-state index contributed by atoms with van der Waals surface area (Å²) in [6, 6.07) is 4.92. The van der Waals surface area contributed by atoms with Crippen LogP contribution < -0.4 is 15.8 Å². The van der Waals surface area contributed by atoms with Crippen molar-refractivity contribution in [2.45, 2.75) is 13.5 Å². The van der Waals surface area contributed by atoms with E-state index >= 15 is 0 Å². The number of nitrogens with two attached hydrogens (primary N) is 1. The van der Waals surface area contributed by atoms with Crippen molar-refractivity contribution in [3.8, 4) is 11.6 Å². The Balaban J connectivity index is 2.05. The fourth-order valence-corrected chi connectivity index (χ4v) is 1.58. The summed E-state index contributed by atoms with van der Waals surface area (Å²) < 4.78 is 5.26. The number of hydrogen-bond donors (Lipinski definition) is 3. The Labute approximate surface area is 111 Å². The molecule has 100 valence electrons. The number of hydrogen-bond acceptors (Lipinski definition) is 6. The first-order valence-corrected chi connectivity index (χ1v) is 5.95.